The van der Waals surface area contributed by atoms with Gasteiger partial charge in [0.2, 0.25) is 0 Å². The SMILES string of the molecule is c1ccc(C(CCN2CCCCC2)c2ccccn2)nc1. The molecule has 2 aromatic heterocycles. The Labute approximate surface area is 127 Å². The van der Waals surface area contributed by atoms with Gasteiger partial charge in [-0.1, -0.05) is 18.6 Å². The first-order valence-corrected chi connectivity index (χ1v) is 7.98. The van der Waals surface area contributed by atoms with E-state index in [2.05, 4.69) is 39.1 Å². The van der Waals surface area contributed by atoms with Crippen molar-refractivity contribution in [1.82, 2.24) is 14.9 Å². The summed E-state index contributed by atoms with van der Waals surface area (Å²) in [6.45, 7) is 3.63. The van der Waals surface area contributed by atoms with Crippen LogP contribution in [0.4, 0.5) is 0 Å². The second kappa shape index (κ2) is 7.32. The standard InChI is InChI=1S/C18H23N3/c1-6-13-21(14-7-1)15-10-16(17-8-2-4-11-19-17)18-9-3-5-12-20-18/h2-5,8-9,11-12,16H,1,6-7,10,13-15H2. The van der Waals surface area contributed by atoms with Gasteiger partial charge >= 0.3 is 0 Å². The fourth-order valence-corrected chi connectivity index (χ4v) is 3.11. The van der Waals surface area contributed by atoms with Crippen LogP contribution in [0, 0.1) is 0 Å². The highest BCUT2D eigenvalue weighted by atomic mass is 15.1. The number of pyridine rings is 2. The topological polar surface area (TPSA) is 29.0 Å². The largest absolute Gasteiger partial charge is 0.303 e. The molecule has 110 valence electrons. The molecule has 1 aliphatic rings. The Morgan fingerprint density at radius 2 is 1.48 bits per heavy atom. The van der Waals surface area contributed by atoms with Gasteiger partial charge in [0.25, 0.3) is 0 Å². The minimum atomic E-state index is 0.300. The van der Waals surface area contributed by atoms with Crippen LogP contribution in [0.15, 0.2) is 48.8 Å². The van der Waals surface area contributed by atoms with Crippen LogP contribution in [-0.4, -0.2) is 34.5 Å². The Morgan fingerprint density at radius 3 is 2.00 bits per heavy atom. The second-order valence-electron chi connectivity index (χ2n) is 5.75. The summed E-state index contributed by atoms with van der Waals surface area (Å²) < 4.78 is 0. The monoisotopic (exact) mass is 281 g/mol. The van der Waals surface area contributed by atoms with Gasteiger partial charge < -0.3 is 4.90 Å². The normalized spacial score (nSPS) is 16.2. The van der Waals surface area contributed by atoms with Crippen LogP contribution < -0.4 is 0 Å². The molecule has 2 aromatic rings. The number of aromatic nitrogens is 2. The van der Waals surface area contributed by atoms with Crippen molar-refractivity contribution >= 4 is 0 Å². The molecule has 21 heavy (non-hydrogen) atoms. The lowest BCUT2D eigenvalue weighted by molar-refractivity contribution is 0.223. The molecule has 0 radical (unpaired) electrons. The summed E-state index contributed by atoms with van der Waals surface area (Å²) in [7, 11) is 0. The Hall–Kier alpha value is -1.74. The summed E-state index contributed by atoms with van der Waals surface area (Å²) in [6.07, 6.45) is 8.93. The lowest BCUT2D eigenvalue weighted by Gasteiger charge is -2.28. The Bertz CT molecular complexity index is 481. The molecule has 1 saturated heterocycles. The molecule has 0 unspecified atom stereocenters. The first kappa shape index (κ1) is 14.2. The lowest BCUT2D eigenvalue weighted by Crippen LogP contribution is -2.31. The highest BCUT2D eigenvalue weighted by Gasteiger charge is 2.18. The van der Waals surface area contributed by atoms with E-state index in [0.717, 1.165) is 24.4 Å². The number of nitrogens with zero attached hydrogens (tertiary/aromatic N) is 3. The fourth-order valence-electron chi connectivity index (χ4n) is 3.11. The van der Waals surface area contributed by atoms with Crippen LogP contribution in [0.1, 0.15) is 43.0 Å². The third kappa shape index (κ3) is 3.88. The molecular formula is C18H23N3. The second-order valence-corrected chi connectivity index (χ2v) is 5.75. The Balaban J connectivity index is 1.73. The van der Waals surface area contributed by atoms with Crippen LogP contribution >= 0.6 is 0 Å². The van der Waals surface area contributed by atoms with Crippen molar-refractivity contribution in [2.75, 3.05) is 19.6 Å². The maximum absolute atomic E-state index is 4.56. The first-order chi connectivity index (χ1) is 10.4. The number of hydrogen-bond acceptors (Lipinski definition) is 3. The molecule has 0 saturated carbocycles. The zero-order valence-electron chi connectivity index (χ0n) is 12.5. The van der Waals surface area contributed by atoms with Gasteiger partial charge in [-0.2, -0.15) is 0 Å². The lowest BCUT2D eigenvalue weighted by atomic mass is 9.95. The maximum atomic E-state index is 4.56. The number of likely N-dealkylation sites (tertiary alicyclic amines) is 1. The van der Waals surface area contributed by atoms with Crippen LogP contribution in [-0.2, 0) is 0 Å². The molecule has 3 heterocycles. The van der Waals surface area contributed by atoms with Gasteiger partial charge in [-0.15, -0.1) is 0 Å². The molecule has 0 amide bonds. The van der Waals surface area contributed by atoms with Crippen molar-refractivity contribution in [2.45, 2.75) is 31.6 Å². The minimum absolute atomic E-state index is 0.300. The van der Waals surface area contributed by atoms with Crippen molar-refractivity contribution in [2.24, 2.45) is 0 Å². The van der Waals surface area contributed by atoms with E-state index >= 15 is 0 Å². The van der Waals surface area contributed by atoms with Crippen LogP contribution in [0.25, 0.3) is 0 Å². The first-order valence-electron chi connectivity index (χ1n) is 7.98. The Kier molecular flexibility index (Phi) is 4.95. The van der Waals surface area contributed by atoms with E-state index < -0.39 is 0 Å². The molecule has 3 nitrogen and oxygen atoms in total. The Morgan fingerprint density at radius 1 is 0.857 bits per heavy atom. The third-order valence-corrected chi connectivity index (χ3v) is 4.27. The summed E-state index contributed by atoms with van der Waals surface area (Å²) in [5.74, 6) is 0.300. The molecule has 0 aromatic carbocycles. The van der Waals surface area contributed by atoms with Gasteiger partial charge in [0.1, 0.15) is 0 Å². The van der Waals surface area contributed by atoms with Crippen LogP contribution in [0.2, 0.25) is 0 Å². The minimum Gasteiger partial charge on any atom is -0.303 e. The van der Waals surface area contributed by atoms with Gasteiger partial charge in [0, 0.05) is 29.7 Å². The summed E-state index contributed by atoms with van der Waals surface area (Å²) >= 11 is 0. The third-order valence-electron chi connectivity index (χ3n) is 4.27. The van der Waals surface area contributed by atoms with Gasteiger partial charge in [0.15, 0.2) is 0 Å². The number of piperidine rings is 1. The van der Waals surface area contributed by atoms with E-state index in [-0.39, 0.29) is 0 Å². The predicted molar refractivity (Wildman–Crippen MR) is 85.2 cm³/mol. The van der Waals surface area contributed by atoms with Gasteiger partial charge in [-0.05, 0) is 63.2 Å². The van der Waals surface area contributed by atoms with E-state index in [9.17, 15) is 0 Å². The summed E-state index contributed by atoms with van der Waals surface area (Å²) in [5, 5.41) is 0. The van der Waals surface area contributed by atoms with Gasteiger partial charge in [0.05, 0.1) is 0 Å². The molecule has 1 aliphatic heterocycles. The van der Waals surface area contributed by atoms with Crippen molar-refractivity contribution in [1.29, 1.82) is 0 Å². The molecule has 1 fully saturated rings. The van der Waals surface area contributed by atoms with E-state index in [4.69, 9.17) is 0 Å². The van der Waals surface area contributed by atoms with Crippen molar-refractivity contribution in [3.8, 4) is 0 Å². The van der Waals surface area contributed by atoms with Crippen LogP contribution in [0.5, 0.6) is 0 Å². The van der Waals surface area contributed by atoms with Crippen LogP contribution in [0.3, 0.4) is 0 Å². The number of hydrogen-bond donors (Lipinski definition) is 0. The number of rotatable bonds is 5. The van der Waals surface area contributed by atoms with Crippen molar-refractivity contribution in [3.05, 3.63) is 60.2 Å². The van der Waals surface area contributed by atoms with E-state index in [1.807, 2.05) is 24.5 Å². The zero-order valence-corrected chi connectivity index (χ0v) is 12.5. The average molecular weight is 281 g/mol. The molecule has 3 heteroatoms. The average Bonchev–Trinajstić information content (AvgIpc) is 2.58. The predicted octanol–water partition coefficient (Wildman–Crippen LogP) is 3.48. The smallest absolute Gasteiger partial charge is 0.0494 e. The molecule has 0 aliphatic carbocycles. The van der Waals surface area contributed by atoms with Crippen molar-refractivity contribution < 1.29 is 0 Å². The van der Waals surface area contributed by atoms with E-state index in [1.165, 1.54) is 32.4 Å². The van der Waals surface area contributed by atoms with Gasteiger partial charge in [-0.25, -0.2) is 0 Å². The summed E-state index contributed by atoms with van der Waals surface area (Å²) in [6, 6.07) is 12.3. The summed E-state index contributed by atoms with van der Waals surface area (Å²) in [5.41, 5.74) is 2.27. The molecule has 0 N–H and O–H groups in total. The molecule has 3 rings (SSSR count). The quantitative estimate of drug-likeness (QED) is 0.840. The highest BCUT2D eigenvalue weighted by Crippen LogP contribution is 2.25. The van der Waals surface area contributed by atoms with Gasteiger partial charge in [-0.3, -0.25) is 9.97 Å². The molecule has 0 spiro atoms. The molecular weight excluding hydrogens is 258 g/mol. The molecule has 0 bridgehead atoms. The van der Waals surface area contributed by atoms with Crippen molar-refractivity contribution in [3.63, 3.8) is 0 Å². The fraction of sp³-hybridized carbons (Fsp3) is 0.444. The van der Waals surface area contributed by atoms with E-state index in [0.29, 0.717) is 5.92 Å². The highest BCUT2D eigenvalue weighted by molar-refractivity contribution is 5.22. The zero-order chi connectivity index (χ0) is 14.3. The van der Waals surface area contributed by atoms with E-state index in [1.54, 1.807) is 0 Å². The summed E-state index contributed by atoms with van der Waals surface area (Å²) in [4.78, 5) is 11.7. The molecule has 0 atom stereocenters. The maximum Gasteiger partial charge on any atom is 0.0494 e.